The molecule has 0 amide bonds. The molecule has 0 aliphatic heterocycles. The van der Waals surface area contributed by atoms with E-state index in [0.29, 0.717) is 23.5 Å². The molecule has 0 unspecified atom stereocenters. The first-order valence-corrected chi connectivity index (χ1v) is 7.07. The molecule has 0 aliphatic rings. The summed E-state index contributed by atoms with van der Waals surface area (Å²) in [6.45, 7) is 0.505. The van der Waals surface area contributed by atoms with Crippen LogP contribution in [0.5, 0.6) is 0 Å². The average Bonchev–Trinajstić information content (AvgIpc) is 2.69. The predicted molar refractivity (Wildman–Crippen MR) is 82.4 cm³/mol. The van der Waals surface area contributed by atoms with Crippen molar-refractivity contribution in [3.63, 3.8) is 0 Å². The normalized spacial score (nSPS) is 11.2. The molecule has 0 bridgehead atoms. The van der Waals surface area contributed by atoms with E-state index >= 15 is 0 Å². The lowest BCUT2D eigenvalue weighted by Gasteiger charge is -2.08. The van der Waals surface area contributed by atoms with E-state index < -0.39 is 5.82 Å². The lowest BCUT2D eigenvalue weighted by molar-refractivity contribution is 0.629. The molecule has 0 radical (unpaired) electrons. The molecule has 0 spiro atoms. The summed E-state index contributed by atoms with van der Waals surface area (Å²) in [5, 5.41) is 0.0445. The van der Waals surface area contributed by atoms with Crippen LogP contribution in [0.2, 0.25) is 5.02 Å². The summed E-state index contributed by atoms with van der Waals surface area (Å²) in [5.74, 6) is -0.148. The Labute approximate surface area is 128 Å². The molecule has 0 saturated carbocycles. The molecule has 1 heterocycles. The zero-order chi connectivity index (χ0) is 14.3. The molecule has 0 saturated heterocycles. The van der Waals surface area contributed by atoms with Gasteiger partial charge in [0.15, 0.2) is 0 Å². The number of anilines is 1. The van der Waals surface area contributed by atoms with Gasteiger partial charge in [0, 0.05) is 10.5 Å². The monoisotopic (exact) mass is 353 g/mol. The first-order chi connectivity index (χ1) is 9.56. The van der Waals surface area contributed by atoms with Crippen molar-refractivity contribution in [2.75, 3.05) is 5.73 Å². The van der Waals surface area contributed by atoms with Gasteiger partial charge >= 0.3 is 0 Å². The number of nitrogen functional groups attached to an aromatic ring is 1. The number of aromatic nitrogens is 2. The highest BCUT2D eigenvalue weighted by molar-refractivity contribution is 9.10. The Morgan fingerprint density at radius 1 is 1.30 bits per heavy atom. The zero-order valence-corrected chi connectivity index (χ0v) is 12.6. The predicted octanol–water partition coefficient (Wildman–Crippen LogP) is 4.22. The van der Waals surface area contributed by atoms with Gasteiger partial charge in [-0.2, -0.15) is 0 Å². The first kappa shape index (κ1) is 13.4. The van der Waals surface area contributed by atoms with E-state index in [2.05, 4.69) is 20.9 Å². The second-order valence-electron chi connectivity index (χ2n) is 4.40. The van der Waals surface area contributed by atoms with Gasteiger partial charge < -0.3 is 10.3 Å². The van der Waals surface area contributed by atoms with Crippen LogP contribution in [-0.2, 0) is 6.54 Å². The number of hydrogen-bond donors (Lipinski definition) is 1. The van der Waals surface area contributed by atoms with E-state index in [1.54, 1.807) is 4.57 Å². The number of nitrogens with two attached hydrogens (primary N) is 1. The van der Waals surface area contributed by atoms with Crippen LogP contribution in [0.4, 0.5) is 10.3 Å². The molecule has 0 fully saturated rings. The van der Waals surface area contributed by atoms with Gasteiger partial charge in [-0.25, -0.2) is 9.37 Å². The van der Waals surface area contributed by atoms with E-state index in [-0.39, 0.29) is 5.02 Å². The topological polar surface area (TPSA) is 43.8 Å². The summed E-state index contributed by atoms with van der Waals surface area (Å²) in [7, 11) is 0. The van der Waals surface area contributed by atoms with Crippen molar-refractivity contribution in [2.45, 2.75) is 6.54 Å². The van der Waals surface area contributed by atoms with Crippen molar-refractivity contribution < 1.29 is 4.39 Å². The van der Waals surface area contributed by atoms with E-state index in [1.165, 1.54) is 12.1 Å². The summed E-state index contributed by atoms with van der Waals surface area (Å²) < 4.78 is 16.4. The third kappa shape index (κ3) is 2.27. The van der Waals surface area contributed by atoms with Crippen molar-refractivity contribution in [1.82, 2.24) is 9.55 Å². The number of fused-ring (bicyclic) bond motifs is 1. The van der Waals surface area contributed by atoms with Crippen LogP contribution in [-0.4, -0.2) is 9.55 Å². The van der Waals surface area contributed by atoms with Crippen molar-refractivity contribution in [1.29, 1.82) is 0 Å². The number of halogens is 3. The van der Waals surface area contributed by atoms with Crippen molar-refractivity contribution in [2.24, 2.45) is 0 Å². The Bertz CT molecular complexity index is 800. The van der Waals surface area contributed by atoms with Gasteiger partial charge in [0.1, 0.15) is 5.82 Å². The highest BCUT2D eigenvalue weighted by Crippen LogP contribution is 2.26. The van der Waals surface area contributed by atoms with Gasteiger partial charge in [0.05, 0.1) is 22.6 Å². The van der Waals surface area contributed by atoms with Crippen LogP contribution in [0.1, 0.15) is 5.56 Å². The smallest absolute Gasteiger partial charge is 0.201 e. The molecule has 102 valence electrons. The second-order valence-corrected chi connectivity index (χ2v) is 5.66. The van der Waals surface area contributed by atoms with Gasteiger partial charge in [-0.15, -0.1) is 0 Å². The number of hydrogen-bond acceptors (Lipinski definition) is 2. The summed E-state index contributed by atoms with van der Waals surface area (Å²) in [4.78, 5) is 4.22. The number of imidazole rings is 1. The Kier molecular flexibility index (Phi) is 3.40. The summed E-state index contributed by atoms with van der Waals surface area (Å²) in [6, 6.07) is 10.6. The zero-order valence-electron chi connectivity index (χ0n) is 10.3. The summed E-state index contributed by atoms with van der Waals surface area (Å²) >= 11 is 9.25. The highest BCUT2D eigenvalue weighted by Gasteiger charge is 2.13. The van der Waals surface area contributed by atoms with E-state index in [0.717, 1.165) is 10.0 Å². The fourth-order valence-corrected chi connectivity index (χ4v) is 2.67. The Balaban J connectivity index is 2.14. The van der Waals surface area contributed by atoms with E-state index in [9.17, 15) is 4.39 Å². The number of benzene rings is 2. The standard InChI is InChI=1S/C14H10BrClFN3/c15-9-4-2-1-3-8(9)7-20-13-6-11(17)10(16)5-12(13)19-14(20)18/h1-6H,7H2,(H2,18,19). The maximum atomic E-state index is 13.6. The Morgan fingerprint density at radius 3 is 2.80 bits per heavy atom. The maximum Gasteiger partial charge on any atom is 0.201 e. The minimum atomic E-state index is -0.479. The SMILES string of the molecule is Nc1nc2cc(Cl)c(F)cc2n1Cc1ccccc1Br. The molecule has 2 aromatic carbocycles. The fraction of sp³-hybridized carbons (Fsp3) is 0.0714. The molecular weight excluding hydrogens is 345 g/mol. The second kappa shape index (κ2) is 5.07. The molecule has 2 N–H and O–H groups in total. The van der Waals surface area contributed by atoms with Gasteiger partial charge in [-0.1, -0.05) is 45.7 Å². The summed E-state index contributed by atoms with van der Waals surface area (Å²) in [5.41, 5.74) is 8.17. The van der Waals surface area contributed by atoms with Crippen molar-refractivity contribution in [3.05, 3.63) is 57.3 Å². The van der Waals surface area contributed by atoms with Gasteiger partial charge in [0.25, 0.3) is 0 Å². The Hall–Kier alpha value is -1.59. The molecule has 3 nitrogen and oxygen atoms in total. The quantitative estimate of drug-likeness (QED) is 0.749. The minimum absolute atomic E-state index is 0.0445. The number of nitrogens with zero attached hydrogens (tertiary/aromatic N) is 2. The van der Waals surface area contributed by atoms with Gasteiger partial charge in [0.2, 0.25) is 5.95 Å². The van der Waals surface area contributed by atoms with Gasteiger partial charge in [-0.3, -0.25) is 0 Å². The van der Waals surface area contributed by atoms with Gasteiger partial charge in [-0.05, 0) is 17.7 Å². The average molecular weight is 355 g/mol. The first-order valence-electron chi connectivity index (χ1n) is 5.90. The fourth-order valence-electron chi connectivity index (χ4n) is 2.10. The molecule has 1 aromatic heterocycles. The van der Waals surface area contributed by atoms with Crippen LogP contribution < -0.4 is 5.73 Å². The third-order valence-corrected chi connectivity index (χ3v) is 4.17. The van der Waals surface area contributed by atoms with Crippen LogP contribution in [0.25, 0.3) is 11.0 Å². The minimum Gasteiger partial charge on any atom is -0.369 e. The van der Waals surface area contributed by atoms with Crippen LogP contribution in [0.3, 0.4) is 0 Å². The summed E-state index contributed by atoms with van der Waals surface area (Å²) in [6.07, 6.45) is 0. The molecule has 3 aromatic rings. The van der Waals surface area contributed by atoms with Crippen LogP contribution in [0.15, 0.2) is 40.9 Å². The highest BCUT2D eigenvalue weighted by atomic mass is 79.9. The van der Waals surface area contributed by atoms with E-state index in [4.69, 9.17) is 17.3 Å². The molecule has 6 heteroatoms. The molecule has 3 rings (SSSR count). The van der Waals surface area contributed by atoms with Crippen LogP contribution in [0, 0.1) is 5.82 Å². The largest absolute Gasteiger partial charge is 0.369 e. The maximum absolute atomic E-state index is 13.6. The van der Waals surface area contributed by atoms with Crippen molar-refractivity contribution >= 4 is 44.5 Å². The van der Waals surface area contributed by atoms with Crippen LogP contribution >= 0.6 is 27.5 Å². The van der Waals surface area contributed by atoms with E-state index in [1.807, 2.05) is 24.3 Å². The Morgan fingerprint density at radius 2 is 2.05 bits per heavy atom. The number of rotatable bonds is 2. The lowest BCUT2D eigenvalue weighted by atomic mass is 10.2. The molecular formula is C14H10BrClFN3. The molecule has 0 atom stereocenters. The molecule has 20 heavy (non-hydrogen) atoms. The van der Waals surface area contributed by atoms with Crippen molar-refractivity contribution in [3.8, 4) is 0 Å². The molecule has 0 aliphatic carbocycles. The third-order valence-electron chi connectivity index (χ3n) is 3.11. The lowest BCUT2D eigenvalue weighted by Crippen LogP contribution is -2.05.